The molecule has 1 fully saturated rings. The molecule has 2 unspecified atom stereocenters. The second-order valence-corrected chi connectivity index (χ2v) is 4.28. The Balaban J connectivity index is 1.75. The Bertz CT molecular complexity index is 257. The van der Waals surface area contributed by atoms with Gasteiger partial charge in [0.1, 0.15) is 12.2 Å². The molecule has 0 bridgehead atoms. The maximum atomic E-state index is 4.09. The minimum atomic E-state index is 0.670. The minimum Gasteiger partial charge on any atom is -0.307 e. The number of aromatic nitrogens is 3. The SMILES string of the molecule is CC1CCCC(NCc2ncn[nH]2)C1. The molecule has 1 aliphatic rings. The zero-order valence-electron chi connectivity index (χ0n) is 8.66. The first-order chi connectivity index (χ1) is 6.84. The van der Waals surface area contributed by atoms with E-state index < -0.39 is 0 Å². The normalized spacial score (nSPS) is 27.8. The Labute approximate surface area is 84.5 Å². The van der Waals surface area contributed by atoms with Crippen molar-refractivity contribution in [3.05, 3.63) is 12.2 Å². The molecule has 1 aliphatic carbocycles. The third kappa shape index (κ3) is 2.54. The highest BCUT2D eigenvalue weighted by molar-refractivity contribution is 4.82. The Morgan fingerprint density at radius 1 is 1.57 bits per heavy atom. The quantitative estimate of drug-likeness (QED) is 0.766. The number of nitrogens with one attached hydrogen (secondary N) is 2. The summed E-state index contributed by atoms with van der Waals surface area (Å²) >= 11 is 0. The van der Waals surface area contributed by atoms with E-state index in [2.05, 4.69) is 27.4 Å². The van der Waals surface area contributed by atoms with Crippen LogP contribution in [0.1, 0.15) is 38.4 Å². The van der Waals surface area contributed by atoms with Gasteiger partial charge in [0.15, 0.2) is 0 Å². The van der Waals surface area contributed by atoms with Crippen LogP contribution in [0.3, 0.4) is 0 Å². The highest BCUT2D eigenvalue weighted by Gasteiger charge is 2.18. The summed E-state index contributed by atoms with van der Waals surface area (Å²) in [5, 5.41) is 10.2. The van der Waals surface area contributed by atoms with E-state index >= 15 is 0 Å². The molecule has 2 rings (SSSR count). The van der Waals surface area contributed by atoms with Crippen molar-refractivity contribution in [3.8, 4) is 0 Å². The lowest BCUT2D eigenvalue weighted by atomic mass is 9.87. The molecular weight excluding hydrogens is 176 g/mol. The molecule has 0 spiro atoms. The lowest BCUT2D eigenvalue weighted by Crippen LogP contribution is -2.33. The first kappa shape index (κ1) is 9.65. The van der Waals surface area contributed by atoms with E-state index in [1.165, 1.54) is 25.7 Å². The van der Waals surface area contributed by atoms with Gasteiger partial charge in [-0.25, -0.2) is 4.98 Å². The average molecular weight is 194 g/mol. The lowest BCUT2D eigenvalue weighted by molar-refractivity contribution is 0.299. The van der Waals surface area contributed by atoms with Crippen LogP contribution in [0.2, 0.25) is 0 Å². The molecule has 0 amide bonds. The summed E-state index contributed by atoms with van der Waals surface area (Å²) in [6.45, 7) is 3.15. The van der Waals surface area contributed by atoms with Crippen LogP contribution in [0, 0.1) is 5.92 Å². The molecule has 2 atom stereocenters. The van der Waals surface area contributed by atoms with E-state index in [-0.39, 0.29) is 0 Å². The van der Waals surface area contributed by atoms with Crippen molar-refractivity contribution in [2.24, 2.45) is 5.92 Å². The fourth-order valence-electron chi connectivity index (χ4n) is 2.18. The Hall–Kier alpha value is -0.900. The highest BCUT2D eigenvalue weighted by atomic mass is 15.2. The molecular formula is C10H18N4. The molecule has 1 aromatic heterocycles. The summed E-state index contributed by atoms with van der Waals surface area (Å²) in [6.07, 6.45) is 6.91. The lowest BCUT2D eigenvalue weighted by Gasteiger charge is -2.27. The second kappa shape index (κ2) is 4.55. The van der Waals surface area contributed by atoms with Crippen LogP contribution < -0.4 is 5.32 Å². The van der Waals surface area contributed by atoms with Gasteiger partial charge in [-0.3, -0.25) is 5.10 Å². The number of H-pyrrole nitrogens is 1. The van der Waals surface area contributed by atoms with Gasteiger partial charge in [0, 0.05) is 6.04 Å². The molecule has 4 nitrogen and oxygen atoms in total. The zero-order valence-corrected chi connectivity index (χ0v) is 8.66. The van der Waals surface area contributed by atoms with E-state index in [1.54, 1.807) is 6.33 Å². The van der Waals surface area contributed by atoms with E-state index in [9.17, 15) is 0 Å². The van der Waals surface area contributed by atoms with Gasteiger partial charge in [-0.1, -0.05) is 19.8 Å². The molecule has 1 aromatic rings. The van der Waals surface area contributed by atoms with Crippen LogP contribution in [0.5, 0.6) is 0 Å². The summed E-state index contributed by atoms with van der Waals surface area (Å²) in [5.41, 5.74) is 0. The van der Waals surface area contributed by atoms with Gasteiger partial charge in [0.05, 0.1) is 6.54 Å². The minimum absolute atomic E-state index is 0.670. The van der Waals surface area contributed by atoms with Gasteiger partial charge in [-0.2, -0.15) is 5.10 Å². The summed E-state index contributed by atoms with van der Waals surface area (Å²) < 4.78 is 0. The first-order valence-corrected chi connectivity index (χ1v) is 5.42. The molecule has 1 saturated carbocycles. The van der Waals surface area contributed by atoms with Gasteiger partial charge in [0.2, 0.25) is 0 Å². The van der Waals surface area contributed by atoms with Gasteiger partial charge in [-0.05, 0) is 18.8 Å². The van der Waals surface area contributed by atoms with Crippen LogP contribution in [-0.4, -0.2) is 21.2 Å². The topological polar surface area (TPSA) is 53.6 Å². The summed E-state index contributed by atoms with van der Waals surface area (Å²) in [4.78, 5) is 4.09. The van der Waals surface area contributed by atoms with Gasteiger partial charge in [-0.15, -0.1) is 0 Å². The van der Waals surface area contributed by atoms with E-state index in [1.807, 2.05) is 0 Å². The molecule has 0 aliphatic heterocycles. The summed E-state index contributed by atoms with van der Waals surface area (Å²) in [6, 6.07) is 0.670. The molecule has 1 heterocycles. The number of rotatable bonds is 3. The number of aromatic amines is 1. The van der Waals surface area contributed by atoms with Gasteiger partial charge < -0.3 is 5.32 Å². The van der Waals surface area contributed by atoms with Crippen molar-refractivity contribution in [2.45, 2.75) is 45.2 Å². The van der Waals surface area contributed by atoms with Gasteiger partial charge in [0.25, 0.3) is 0 Å². The average Bonchev–Trinajstić information content (AvgIpc) is 2.67. The Kier molecular flexibility index (Phi) is 3.14. The monoisotopic (exact) mass is 194 g/mol. The molecule has 0 saturated heterocycles. The van der Waals surface area contributed by atoms with E-state index in [0.717, 1.165) is 18.3 Å². The Morgan fingerprint density at radius 2 is 2.50 bits per heavy atom. The van der Waals surface area contributed by atoms with E-state index in [4.69, 9.17) is 0 Å². The number of hydrogen-bond donors (Lipinski definition) is 2. The molecule has 78 valence electrons. The third-order valence-electron chi connectivity index (χ3n) is 2.96. The maximum Gasteiger partial charge on any atom is 0.138 e. The smallest absolute Gasteiger partial charge is 0.138 e. The first-order valence-electron chi connectivity index (χ1n) is 5.42. The van der Waals surface area contributed by atoms with Crippen molar-refractivity contribution in [3.63, 3.8) is 0 Å². The number of nitrogens with zero attached hydrogens (tertiary/aromatic N) is 2. The molecule has 0 radical (unpaired) electrons. The molecule has 0 aromatic carbocycles. The Morgan fingerprint density at radius 3 is 3.21 bits per heavy atom. The van der Waals surface area contributed by atoms with Crippen molar-refractivity contribution >= 4 is 0 Å². The van der Waals surface area contributed by atoms with Crippen LogP contribution >= 0.6 is 0 Å². The standard InChI is InChI=1S/C10H18N4/c1-8-3-2-4-9(5-8)11-6-10-12-7-13-14-10/h7-9,11H,2-6H2,1H3,(H,12,13,14). The number of hydrogen-bond acceptors (Lipinski definition) is 3. The second-order valence-electron chi connectivity index (χ2n) is 4.28. The summed E-state index contributed by atoms with van der Waals surface area (Å²) in [5.74, 6) is 1.80. The van der Waals surface area contributed by atoms with Crippen LogP contribution in [-0.2, 0) is 6.54 Å². The zero-order chi connectivity index (χ0) is 9.80. The fraction of sp³-hybridized carbons (Fsp3) is 0.800. The van der Waals surface area contributed by atoms with Crippen LogP contribution in [0.4, 0.5) is 0 Å². The highest BCUT2D eigenvalue weighted by Crippen LogP contribution is 2.23. The fourth-order valence-corrected chi connectivity index (χ4v) is 2.18. The van der Waals surface area contributed by atoms with Crippen LogP contribution in [0.15, 0.2) is 6.33 Å². The largest absolute Gasteiger partial charge is 0.307 e. The molecule has 2 N–H and O–H groups in total. The van der Waals surface area contributed by atoms with Crippen molar-refractivity contribution < 1.29 is 0 Å². The molecule has 14 heavy (non-hydrogen) atoms. The van der Waals surface area contributed by atoms with Gasteiger partial charge >= 0.3 is 0 Å². The predicted molar refractivity (Wildman–Crippen MR) is 54.6 cm³/mol. The van der Waals surface area contributed by atoms with Crippen molar-refractivity contribution in [1.82, 2.24) is 20.5 Å². The van der Waals surface area contributed by atoms with E-state index in [0.29, 0.717) is 6.04 Å². The van der Waals surface area contributed by atoms with Crippen molar-refractivity contribution in [2.75, 3.05) is 0 Å². The maximum absolute atomic E-state index is 4.09. The molecule has 4 heteroatoms. The third-order valence-corrected chi connectivity index (χ3v) is 2.96. The van der Waals surface area contributed by atoms with Crippen LogP contribution in [0.25, 0.3) is 0 Å². The summed E-state index contributed by atoms with van der Waals surface area (Å²) in [7, 11) is 0. The van der Waals surface area contributed by atoms with Crippen molar-refractivity contribution in [1.29, 1.82) is 0 Å². The predicted octanol–water partition coefficient (Wildman–Crippen LogP) is 1.47.